The number of Topliss-reactive ketones (excluding diaryl/α,β-unsaturated/α-hetero) is 1. The van der Waals surface area contributed by atoms with Crippen LogP contribution in [0.5, 0.6) is 0 Å². The summed E-state index contributed by atoms with van der Waals surface area (Å²) in [5.41, 5.74) is 3.27. The lowest BCUT2D eigenvalue weighted by atomic mass is 9.83. The number of hydrogen-bond donors (Lipinski definition) is 1. The molecule has 0 saturated carbocycles. The minimum atomic E-state index is 0.218. The average Bonchev–Trinajstić information content (AvgIpc) is 2.88. The third-order valence-electron chi connectivity index (χ3n) is 4.14. The molecule has 0 amide bonds. The average molecular weight is 229 g/mol. The number of rotatable bonds is 2. The highest BCUT2D eigenvalue weighted by molar-refractivity contribution is 5.99. The topological polar surface area (TPSA) is 29.1 Å². The van der Waals surface area contributed by atoms with E-state index >= 15 is 0 Å². The molecular weight excluding hydrogens is 210 g/mol. The van der Waals surface area contributed by atoms with Gasteiger partial charge in [-0.15, -0.1) is 0 Å². The normalized spacial score (nSPS) is 30.8. The highest BCUT2D eigenvalue weighted by atomic mass is 16.1. The maximum absolute atomic E-state index is 12.5. The van der Waals surface area contributed by atoms with Gasteiger partial charge in [-0.05, 0) is 45.2 Å². The molecule has 2 saturated heterocycles. The van der Waals surface area contributed by atoms with Crippen LogP contribution in [0, 0.1) is 19.8 Å². The lowest BCUT2D eigenvalue weighted by molar-refractivity contribution is 0.0900. The van der Waals surface area contributed by atoms with Crippen molar-refractivity contribution < 1.29 is 4.79 Å². The number of benzene rings is 1. The first-order valence-electron chi connectivity index (χ1n) is 6.52. The Morgan fingerprint density at radius 3 is 2.41 bits per heavy atom. The number of aryl methyl sites for hydroxylation is 2. The van der Waals surface area contributed by atoms with E-state index in [-0.39, 0.29) is 5.92 Å². The van der Waals surface area contributed by atoms with Crippen molar-refractivity contribution in [1.29, 1.82) is 0 Å². The van der Waals surface area contributed by atoms with Gasteiger partial charge in [-0.3, -0.25) is 4.79 Å². The molecule has 3 unspecified atom stereocenters. The number of nitrogens with one attached hydrogen (secondary N) is 1. The molecule has 2 aliphatic heterocycles. The molecule has 2 bridgehead atoms. The van der Waals surface area contributed by atoms with Crippen molar-refractivity contribution in [3.63, 3.8) is 0 Å². The van der Waals surface area contributed by atoms with Gasteiger partial charge < -0.3 is 5.32 Å². The molecule has 2 fully saturated rings. The van der Waals surface area contributed by atoms with E-state index in [0.717, 1.165) is 12.0 Å². The van der Waals surface area contributed by atoms with E-state index < -0.39 is 0 Å². The second-order valence-corrected chi connectivity index (χ2v) is 5.63. The van der Waals surface area contributed by atoms with Gasteiger partial charge in [-0.2, -0.15) is 0 Å². The van der Waals surface area contributed by atoms with Crippen LogP contribution >= 0.6 is 0 Å². The van der Waals surface area contributed by atoms with Crippen LogP contribution < -0.4 is 5.32 Å². The van der Waals surface area contributed by atoms with E-state index in [2.05, 4.69) is 25.2 Å². The molecule has 2 nitrogen and oxygen atoms in total. The number of carbonyl (C=O) groups is 1. The van der Waals surface area contributed by atoms with Gasteiger partial charge in [-0.1, -0.05) is 17.2 Å². The van der Waals surface area contributed by atoms with E-state index in [4.69, 9.17) is 0 Å². The fourth-order valence-electron chi connectivity index (χ4n) is 3.44. The van der Waals surface area contributed by atoms with Crippen molar-refractivity contribution in [3.8, 4) is 0 Å². The van der Waals surface area contributed by atoms with Gasteiger partial charge in [0, 0.05) is 23.6 Å². The van der Waals surface area contributed by atoms with Gasteiger partial charge in [0.05, 0.1) is 0 Å². The zero-order valence-corrected chi connectivity index (χ0v) is 10.5. The second-order valence-electron chi connectivity index (χ2n) is 5.63. The first-order valence-corrected chi connectivity index (χ1v) is 6.52. The standard InChI is InChI=1S/C15H19NO/c1-9-5-10(2)7-11(6-9)15(17)13-8-12-3-4-14(13)16-12/h5-7,12-14,16H,3-4,8H2,1-2H3. The van der Waals surface area contributed by atoms with E-state index in [1.807, 2.05) is 12.1 Å². The van der Waals surface area contributed by atoms with E-state index in [9.17, 15) is 4.79 Å². The van der Waals surface area contributed by atoms with Crippen LogP contribution in [0.4, 0.5) is 0 Å². The summed E-state index contributed by atoms with van der Waals surface area (Å²) in [6.07, 6.45) is 3.46. The van der Waals surface area contributed by atoms with Gasteiger partial charge in [0.25, 0.3) is 0 Å². The smallest absolute Gasteiger partial charge is 0.167 e. The number of fused-ring (bicyclic) bond motifs is 2. The predicted molar refractivity (Wildman–Crippen MR) is 68.3 cm³/mol. The largest absolute Gasteiger partial charge is 0.310 e. The summed E-state index contributed by atoms with van der Waals surface area (Å²) < 4.78 is 0. The maximum Gasteiger partial charge on any atom is 0.167 e. The Labute approximate surface area is 102 Å². The molecule has 1 N–H and O–H groups in total. The van der Waals surface area contributed by atoms with Gasteiger partial charge in [-0.25, -0.2) is 0 Å². The van der Waals surface area contributed by atoms with Crippen LogP contribution in [-0.4, -0.2) is 17.9 Å². The summed E-state index contributed by atoms with van der Waals surface area (Å²) in [6, 6.07) is 7.21. The number of carbonyl (C=O) groups excluding carboxylic acids is 1. The molecule has 2 heteroatoms. The molecule has 3 rings (SSSR count). The fraction of sp³-hybridized carbons (Fsp3) is 0.533. The van der Waals surface area contributed by atoms with Crippen LogP contribution in [0.3, 0.4) is 0 Å². The molecule has 0 aliphatic carbocycles. The van der Waals surface area contributed by atoms with Crippen molar-refractivity contribution in [2.75, 3.05) is 0 Å². The van der Waals surface area contributed by atoms with E-state index in [0.29, 0.717) is 17.9 Å². The van der Waals surface area contributed by atoms with Gasteiger partial charge in [0.2, 0.25) is 0 Å². The Morgan fingerprint density at radius 1 is 1.18 bits per heavy atom. The molecule has 2 aliphatic rings. The van der Waals surface area contributed by atoms with Gasteiger partial charge >= 0.3 is 0 Å². The SMILES string of the molecule is Cc1cc(C)cc(C(=O)C2CC3CCC2N3)c1. The zero-order chi connectivity index (χ0) is 12.0. The second kappa shape index (κ2) is 3.95. The Morgan fingerprint density at radius 2 is 1.88 bits per heavy atom. The van der Waals surface area contributed by atoms with Crippen LogP contribution in [0.1, 0.15) is 40.7 Å². The quantitative estimate of drug-likeness (QED) is 0.790. The minimum Gasteiger partial charge on any atom is -0.310 e. The molecular formula is C15H19NO. The van der Waals surface area contributed by atoms with Crippen LogP contribution in [0.2, 0.25) is 0 Å². The molecule has 1 aromatic carbocycles. The third-order valence-corrected chi connectivity index (χ3v) is 4.14. The van der Waals surface area contributed by atoms with Crippen molar-refractivity contribution in [2.24, 2.45) is 5.92 Å². The van der Waals surface area contributed by atoms with Gasteiger partial charge in [0.15, 0.2) is 5.78 Å². The van der Waals surface area contributed by atoms with Crippen molar-refractivity contribution in [2.45, 2.75) is 45.2 Å². The lowest BCUT2D eigenvalue weighted by Gasteiger charge is -2.19. The Kier molecular flexibility index (Phi) is 2.55. The fourth-order valence-corrected chi connectivity index (χ4v) is 3.44. The third kappa shape index (κ3) is 1.91. The summed E-state index contributed by atoms with van der Waals surface area (Å²) in [4.78, 5) is 12.5. The highest BCUT2D eigenvalue weighted by Crippen LogP contribution is 2.35. The number of ketones is 1. The molecule has 0 aromatic heterocycles. The van der Waals surface area contributed by atoms with Gasteiger partial charge in [0.1, 0.15) is 0 Å². The zero-order valence-electron chi connectivity index (χ0n) is 10.5. The Hall–Kier alpha value is -1.15. The monoisotopic (exact) mass is 229 g/mol. The first-order chi connectivity index (χ1) is 8.13. The van der Waals surface area contributed by atoms with E-state index in [1.165, 1.54) is 24.0 Å². The molecule has 3 atom stereocenters. The molecule has 0 spiro atoms. The molecule has 1 aromatic rings. The van der Waals surface area contributed by atoms with Crippen molar-refractivity contribution in [1.82, 2.24) is 5.32 Å². The summed E-state index contributed by atoms with van der Waals surface area (Å²) >= 11 is 0. The summed E-state index contributed by atoms with van der Waals surface area (Å²) in [7, 11) is 0. The van der Waals surface area contributed by atoms with Crippen molar-refractivity contribution >= 4 is 5.78 Å². The summed E-state index contributed by atoms with van der Waals surface area (Å²) in [5, 5.41) is 3.54. The molecule has 0 radical (unpaired) electrons. The minimum absolute atomic E-state index is 0.218. The van der Waals surface area contributed by atoms with Crippen LogP contribution in [-0.2, 0) is 0 Å². The summed E-state index contributed by atoms with van der Waals surface area (Å²) in [5.74, 6) is 0.562. The first kappa shape index (κ1) is 11.0. The Balaban J connectivity index is 1.86. The molecule has 90 valence electrons. The number of hydrogen-bond acceptors (Lipinski definition) is 2. The molecule has 17 heavy (non-hydrogen) atoms. The molecule has 2 heterocycles. The lowest BCUT2D eigenvalue weighted by Crippen LogP contribution is -2.28. The Bertz CT molecular complexity index is 446. The predicted octanol–water partition coefficient (Wildman–Crippen LogP) is 2.63. The van der Waals surface area contributed by atoms with Crippen LogP contribution in [0.15, 0.2) is 18.2 Å². The maximum atomic E-state index is 12.5. The highest BCUT2D eigenvalue weighted by Gasteiger charge is 2.42. The summed E-state index contributed by atoms with van der Waals surface area (Å²) in [6.45, 7) is 4.12. The van der Waals surface area contributed by atoms with Crippen LogP contribution in [0.25, 0.3) is 0 Å². The van der Waals surface area contributed by atoms with Crippen molar-refractivity contribution in [3.05, 3.63) is 34.9 Å². The van der Waals surface area contributed by atoms with E-state index in [1.54, 1.807) is 0 Å².